The molecule has 3 N–H and O–H groups in total. The zero-order valence-electron chi connectivity index (χ0n) is 25.1. The average molecular weight is 689 g/mol. The van der Waals surface area contributed by atoms with Crippen molar-refractivity contribution in [3.05, 3.63) is 92.8 Å². The summed E-state index contributed by atoms with van der Waals surface area (Å²) in [7, 11) is 1.24. The third-order valence-corrected chi connectivity index (χ3v) is 7.59. The van der Waals surface area contributed by atoms with Gasteiger partial charge in [0.25, 0.3) is 11.5 Å². The van der Waals surface area contributed by atoms with Crippen molar-refractivity contribution in [1.29, 1.82) is 0 Å². The first-order chi connectivity index (χ1) is 22.2. The summed E-state index contributed by atoms with van der Waals surface area (Å²) in [5, 5.41) is 13.4. The lowest BCUT2D eigenvalue weighted by atomic mass is 9.93. The molecule has 2 atom stereocenters. The van der Waals surface area contributed by atoms with E-state index in [4.69, 9.17) is 0 Å². The van der Waals surface area contributed by atoms with Gasteiger partial charge in [0.1, 0.15) is 35.1 Å². The van der Waals surface area contributed by atoms with E-state index in [2.05, 4.69) is 4.98 Å². The number of anilines is 1. The van der Waals surface area contributed by atoms with Crippen molar-refractivity contribution >= 4 is 28.5 Å². The van der Waals surface area contributed by atoms with E-state index in [0.29, 0.717) is 18.3 Å². The lowest BCUT2D eigenvalue weighted by molar-refractivity contribution is -0.143. The van der Waals surface area contributed by atoms with Crippen LogP contribution in [0.2, 0.25) is 0 Å². The summed E-state index contributed by atoms with van der Waals surface area (Å²) in [5.74, 6) is -7.56. The summed E-state index contributed by atoms with van der Waals surface area (Å²) in [6.45, 7) is 2.46. The highest BCUT2D eigenvalue weighted by molar-refractivity contribution is 5.99. The summed E-state index contributed by atoms with van der Waals surface area (Å²) in [5.41, 5.74) is -5.89. The number of fused-ring (bicyclic) bond motifs is 1. The number of carboxylic acid groups (broad SMARTS) is 1. The van der Waals surface area contributed by atoms with E-state index in [-0.39, 0.29) is 27.7 Å². The van der Waals surface area contributed by atoms with E-state index in [1.54, 1.807) is 0 Å². The Bertz CT molecular complexity index is 1950. The van der Waals surface area contributed by atoms with Gasteiger partial charge in [0.15, 0.2) is 0 Å². The molecule has 0 bridgehead atoms. The molecule has 17 heteroatoms. The van der Waals surface area contributed by atoms with Crippen molar-refractivity contribution in [2.75, 3.05) is 5.32 Å². The topological polar surface area (TPSA) is 113 Å². The van der Waals surface area contributed by atoms with Crippen LogP contribution in [0.3, 0.4) is 0 Å². The van der Waals surface area contributed by atoms with E-state index < -0.39 is 94.5 Å². The summed E-state index contributed by atoms with van der Waals surface area (Å²) in [4.78, 5) is 41.9. The lowest BCUT2D eigenvalue weighted by Crippen LogP contribution is -2.43. The molecule has 1 amide bonds. The number of amides is 1. The molecule has 8 nitrogen and oxygen atoms in total. The second-order valence-corrected chi connectivity index (χ2v) is 10.8. The number of aliphatic carboxylic acids is 1. The zero-order valence-corrected chi connectivity index (χ0v) is 25.1. The molecule has 4 rings (SSSR count). The number of carbonyl (C=O) groups is 2. The summed E-state index contributed by atoms with van der Waals surface area (Å²) < 4.78 is 126. The Morgan fingerprint density at radius 2 is 1.62 bits per heavy atom. The van der Waals surface area contributed by atoms with Gasteiger partial charge in [-0.05, 0) is 43.2 Å². The van der Waals surface area contributed by atoms with Gasteiger partial charge in [-0.15, -0.1) is 0 Å². The van der Waals surface area contributed by atoms with Crippen LogP contribution in [-0.2, 0) is 24.4 Å². The molecule has 256 valence electrons. The minimum atomic E-state index is -4.99. The maximum absolute atomic E-state index is 14.8. The van der Waals surface area contributed by atoms with Crippen LogP contribution < -0.4 is 16.2 Å². The number of nitrogens with zero attached hydrogens (tertiary/aromatic N) is 2. The second-order valence-electron chi connectivity index (χ2n) is 10.8. The number of alkyl halides is 6. The van der Waals surface area contributed by atoms with Gasteiger partial charge in [0, 0.05) is 35.8 Å². The molecule has 2 aromatic carbocycles. The molecule has 0 aliphatic rings. The third kappa shape index (κ3) is 7.23. The Balaban J connectivity index is 1.73. The second kappa shape index (κ2) is 13.2. The monoisotopic (exact) mass is 688 g/mol. The molecule has 2 heterocycles. The van der Waals surface area contributed by atoms with Crippen molar-refractivity contribution in [1.82, 2.24) is 14.9 Å². The number of carbonyl (C=O) groups excluding carboxylic acids is 1. The van der Waals surface area contributed by atoms with Crippen LogP contribution in [0.1, 0.15) is 40.5 Å². The minimum Gasteiger partial charge on any atom is -0.480 e. The predicted molar refractivity (Wildman–Crippen MR) is 155 cm³/mol. The van der Waals surface area contributed by atoms with E-state index in [9.17, 15) is 59.0 Å². The van der Waals surface area contributed by atoms with Gasteiger partial charge in [-0.25, -0.2) is 18.0 Å². The van der Waals surface area contributed by atoms with E-state index in [1.807, 2.05) is 10.6 Å². The number of hydrogen-bond acceptors (Lipinski definition) is 5. The molecular weight excluding hydrogens is 663 g/mol. The van der Waals surface area contributed by atoms with Crippen molar-refractivity contribution in [2.45, 2.75) is 51.1 Å². The summed E-state index contributed by atoms with van der Waals surface area (Å²) >= 11 is 0. The Labute approximate surface area is 265 Å². The molecule has 0 unspecified atom stereocenters. The standard InChI is InChI=1S/C31H25F9N4O4/c1-4-23(31(38,39)40)42-16-10-20(33)25(21(34)11-16)27(45)43-22(29(47)48)8-14-5-6-17(26-18(14)9-15(32)12-41-26)24-19(30(35,36)37)7-13(2)44(3)28(24)46/h5-7,9-12,22-23,42H,4,8H2,1-3H3,(H,43,45)(H,47,48)/t22-,23+/m0/s1. The molecule has 0 fully saturated rings. The van der Waals surface area contributed by atoms with Crippen molar-refractivity contribution in [3.8, 4) is 11.1 Å². The molecule has 0 aliphatic carbocycles. The van der Waals surface area contributed by atoms with E-state index in [0.717, 1.165) is 28.8 Å². The van der Waals surface area contributed by atoms with Gasteiger partial charge in [-0.1, -0.05) is 19.1 Å². The number of aryl methyl sites for hydroxylation is 1. The predicted octanol–water partition coefficient (Wildman–Crippen LogP) is 6.52. The molecule has 0 spiro atoms. The molecule has 0 aliphatic heterocycles. The number of nitrogens with one attached hydrogen (secondary N) is 2. The molecule has 48 heavy (non-hydrogen) atoms. The van der Waals surface area contributed by atoms with Gasteiger partial charge in [-0.2, -0.15) is 26.3 Å². The van der Waals surface area contributed by atoms with Gasteiger partial charge < -0.3 is 20.3 Å². The normalized spacial score (nSPS) is 13.3. The lowest BCUT2D eigenvalue weighted by Gasteiger charge is -2.22. The number of halogens is 9. The van der Waals surface area contributed by atoms with Gasteiger partial charge in [0.2, 0.25) is 0 Å². The first kappa shape index (κ1) is 35.8. The molecule has 0 saturated heterocycles. The average Bonchev–Trinajstić information content (AvgIpc) is 2.97. The maximum atomic E-state index is 14.8. The van der Waals surface area contributed by atoms with Gasteiger partial charge in [0.05, 0.1) is 22.8 Å². The van der Waals surface area contributed by atoms with Crippen LogP contribution in [0, 0.1) is 24.4 Å². The number of aromatic nitrogens is 2. The Hall–Kier alpha value is -5.09. The van der Waals surface area contributed by atoms with Crippen LogP contribution >= 0.6 is 0 Å². The van der Waals surface area contributed by atoms with Gasteiger partial charge >= 0.3 is 18.3 Å². The Morgan fingerprint density at radius 1 is 1.00 bits per heavy atom. The highest BCUT2D eigenvalue weighted by Crippen LogP contribution is 2.39. The highest BCUT2D eigenvalue weighted by Gasteiger charge is 2.39. The largest absolute Gasteiger partial charge is 0.480 e. The van der Waals surface area contributed by atoms with Crippen LogP contribution in [0.4, 0.5) is 45.2 Å². The third-order valence-electron chi connectivity index (χ3n) is 7.59. The Kier molecular flexibility index (Phi) is 9.83. The van der Waals surface area contributed by atoms with Crippen LogP contribution in [-0.4, -0.2) is 44.8 Å². The molecule has 4 aromatic rings. The van der Waals surface area contributed by atoms with Crippen LogP contribution in [0.25, 0.3) is 22.0 Å². The first-order valence-electron chi connectivity index (χ1n) is 14.0. The quantitative estimate of drug-likeness (QED) is 0.173. The van der Waals surface area contributed by atoms with Crippen molar-refractivity contribution < 1.29 is 54.2 Å². The number of pyridine rings is 2. The van der Waals surface area contributed by atoms with E-state index in [1.165, 1.54) is 20.9 Å². The first-order valence-corrected chi connectivity index (χ1v) is 14.0. The zero-order chi connectivity index (χ0) is 35.9. The molecule has 0 saturated carbocycles. The number of benzene rings is 2. The summed E-state index contributed by atoms with van der Waals surface area (Å²) in [6.07, 6.45) is -10.3. The number of carboxylic acids is 1. The highest BCUT2D eigenvalue weighted by atomic mass is 19.4. The van der Waals surface area contributed by atoms with Crippen LogP contribution in [0.15, 0.2) is 47.4 Å². The molecule has 2 aromatic heterocycles. The fourth-order valence-electron chi connectivity index (χ4n) is 5.08. The van der Waals surface area contributed by atoms with Crippen molar-refractivity contribution in [2.24, 2.45) is 7.05 Å². The van der Waals surface area contributed by atoms with Gasteiger partial charge in [-0.3, -0.25) is 14.6 Å². The fraction of sp³-hybridized carbons (Fsp3) is 0.290. The van der Waals surface area contributed by atoms with Crippen molar-refractivity contribution in [3.63, 3.8) is 0 Å². The van der Waals surface area contributed by atoms with Crippen LogP contribution in [0.5, 0.6) is 0 Å². The Morgan fingerprint density at radius 3 is 2.17 bits per heavy atom. The smallest absolute Gasteiger partial charge is 0.417 e. The SMILES string of the molecule is CC[C@@H](Nc1cc(F)c(C(=O)N[C@@H](Cc2ccc(-c3c(C(F)(F)F)cc(C)n(C)c3=O)c3ncc(F)cc23)C(=O)O)c(F)c1)C(F)(F)F. The molecular formula is C31H25F9N4O4. The number of rotatable bonds is 9. The number of hydrogen-bond donors (Lipinski definition) is 3. The van der Waals surface area contributed by atoms with E-state index >= 15 is 0 Å². The summed E-state index contributed by atoms with van der Waals surface area (Å²) in [6, 6.07) is 0.410. The molecule has 0 radical (unpaired) electrons. The fourth-order valence-corrected chi connectivity index (χ4v) is 5.08. The minimum absolute atomic E-state index is 0.0127. The maximum Gasteiger partial charge on any atom is 0.417 e.